The maximum atomic E-state index is 12.1. The Hall–Kier alpha value is -1.79. The Balaban J connectivity index is 2.14. The zero-order valence-electron chi connectivity index (χ0n) is 13.1. The molecule has 22 heavy (non-hydrogen) atoms. The summed E-state index contributed by atoms with van der Waals surface area (Å²) in [6.45, 7) is 3.85. The summed E-state index contributed by atoms with van der Waals surface area (Å²) in [4.78, 5) is 16.4. The number of amides is 1. The molecule has 0 spiro atoms. The molecule has 1 heterocycles. The number of aromatic nitrogens is 1. The van der Waals surface area contributed by atoms with Gasteiger partial charge in [0.05, 0.1) is 11.7 Å². The van der Waals surface area contributed by atoms with E-state index in [2.05, 4.69) is 10.3 Å². The van der Waals surface area contributed by atoms with Crippen LogP contribution >= 0.6 is 11.8 Å². The minimum atomic E-state index is -0.499. The van der Waals surface area contributed by atoms with Gasteiger partial charge in [-0.25, -0.2) is 4.98 Å². The lowest BCUT2D eigenvalue weighted by Gasteiger charge is -2.12. The number of carbonyl (C=O) groups is 1. The fourth-order valence-electron chi connectivity index (χ4n) is 2.02. The molecular weight excluding hydrogens is 298 g/mol. The Labute approximate surface area is 134 Å². The monoisotopic (exact) mass is 319 g/mol. The lowest BCUT2D eigenvalue weighted by Crippen LogP contribution is -2.36. The fourth-order valence-corrected chi connectivity index (χ4v) is 2.51. The fraction of sp³-hybridized carbons (Fsp3) is 0.375. The Morgan fingerprint density at radius 1 is 1.45 bits per heavy atom. The summed E-state index contributed by atoms with van der Waals surface area (Å²) in [6.07, 6.45) is 4.26. The molecule has 0 aliphatic heterocycles. The van der Waals surface area contributed by atoms with Gasteiger partial charge in [-0.05, 0) is 50.0 Å². The van der Waals surface area contributed by atoms with Gasteiger partial charge in [-0.3, -0.25) is 4.79 Å². The second kappa shape index (κ2) is 7.47. The van der Waals surface area contributed by atoms with Crippen LogP contribution in [0.5, 0.6) is 0 Å². The van der Waals surface area contributed by atoms with Crippen molar-refractivity contribution in [3.05, 3.63) is 35.7 Å². The van der Waals surface area contributed by atoms with Crippen molar-refractivity contribution in [3.8, 4) is 11.5 Å². The first-order chi connectivity index (χ1) is 10.5. The first kappa shape index (κ1) is 16.6. The van der Waals surface area contributed by atoms with Crippen LogP contribution in [0.1, 0.15) is 17.7 Å². The molecule has 0 fully saturated rings. The maximum Gasteiger partial charge on any atom is 0.241 e. The number of nitrogens with one attached hydrogen (secondary N) is 1. The molecule has 2 rings (SSSR count). The van der Waals surface area contributed by atoms with Crippen molar-refractivity contribution in [1.29, 1.82) is 0 Å². The first-order valence-electron chi connectivity index (χ1n) is 7.10. The summed E-state index contributed by atoms with van der Waals surface area (Å²) in [7, 11) is 0. The van der Waals surface area contributed by atoms with Crippen molar-refractivity contribution in [2.75, 3.05) is 17.3 Å². The van der Waals surface area contributed by atoms with E-state index in [9.17, 15) is 4.79 Å². The van der Waals surface area contributed by atoms with Gasteiger partial charge in [0.2, 0.25) is 11.8 Å². The van der Waals surface area contributed by atoms with Gasteiger partial charge < -0.3 is 15.5 Å². The van der Waals surface area contributed by atoms with E-state index in [1.165, 1.54) is 0 Å². The minimum Gasteiger partial charge on any atom is -0.444 e. The SMILES string of the molecule is CSCC[C@H](N)C(=O)Nc1ccc(C)c(-c2nc(C)co2)c1. The number of benzene rings is 1. The second-order valence-electron chi connectivity index (χ2n) is 5.20. The maximum absolute atomic E-state index is 12.1. The van der Waals surface area contributed by atoms with Gasteiger partial charge in [0.15, 0.2) is 0 Å². The van der Waals surface area contributed by atoms with Crippen molar-refractivity contribution in [2.24, 2.45) is 5.73 Å². The standard InChI is InChI=1S/C16H21N3O2S/c1-10-4-5-12(19-15(20)14(17)6-7-22-3)8-13(10)16-18-11(2)9-21-16/h4-5,8-9,14H,6-7,17H2,1-3H3,(H,19,20)/t14-/m0/s1. The number of oxazole rings is 1. The number of hydrogen-bond donors (Lipinski definition) is 2. The van der Waals surface area contributed by atoms with E-state index in [1.54, 1.807) is 18.0 Å². The number of nitrogens with zero attached hydrogens (tertiary/aromatic N) is 1. The molecular formula is C16H21N3O2S. The summed E-state index contributed by atoms with van der Waals surface area (Å²) >= 11 is 1.68. The molecule has 3 N–H and O–H groups in total. The molecule has 0 saturated carbocycles. The predicted octanol–water partition coefficient (Wildman–Crippen LogP) is 2.98. The highest BCUT2D eigenvalue weighted by Crippen LogP contribution is 2.26. The van der Waals surface area contributed by atoms with Gasteiger partial charge in [0.25, 0.3) is 0 Å². The Morgan fingerprint density at radius 3 is 2.86 bits per heavy atom. The Morgan fingerprint density at radius 2 is 2.23 bits per heavy atom. The summed E-state index contributed by atoms with van der Waals surface area (Å²) in [5.41, 5.74) is 9.29. The molecule has 1 amide bonds. The number of hydrogen-bond acceptors (Lipinski definition) is 5. The van der Waals surface area contributed by atoms with Crippen molar-refractivity contribution in [2.45, 2.75) is 26.3 Å². The Bertz CT molecular complexity index is 655. The van der Waals surface area contributed by atoms with Crippen LogP contribution in [0.3, 0.4) is 0 Å². The van der Waals surface area contributed by atoms with Crippen LogP contribution in [-0.2, 0) is 4.79 Å². The third-order valence-electron chi connectivity index (χ3n) is 3.32. The smallest absolute Gasteiger partial charge is 0.241 e. The molecule has 0 unspecified atom stereocenters. The third kappa shape index (κ3) is 4.11. The summed E-state index contributed by atoms with van der Waals surface area (Å²) in [6, 6.07) is 5.15. The zero-order valence-corrected chi connectivity index (χ0v) is 13.9. The first-order valence-corrected chi connectivity index (χ1v) is 8.49. The van der Waals surface area contributed by atoms with Gasteiger partial charge in [-0.15, -0.1) is 0 Å². The van der Waals surface area contributed by atoms with Crippen molar-refractivity contribution in [1.82, 2.24) is 4.98 Å². The van der Waals surface area contributed by atoms with Gasteiger partial charge in [0, 0.05) is 11.3 Å². The molecule has 118 valence electrons. The highest BCUT2D eigenvalue weighted by Gasteiger charge is 2.15. The van der Waals surface area contributed by atoms with Crippen molar-refractivity contribution < 1.29 is 9.21 Å². The van der Waals surface area contributed by atoms with E-state index in [0.29, 0.717) is 18.0 Å². The average molecular weight is 319 g/mol. The van der Waals surface area contributed by atoms with Crippen LogP contribution in [0, 0.1) is 13.8 Å². The largest absolute Gasteiger partial charge is 0.444 e. The molecule has 0 aliphatic rings. The normalized spacial score (nSPS) is 12.2. The summed E-state index contributed by atoms with van der Waals surface area (Å²) in [5.74, 6) is 1.24. The van der Waals surface area contributed by atoms with Crippen LogP contribution < -0.4 is 11.1 Å². The second-order valence-corrected chi connectivity index (χ2v) is 6.19. The highest BCUT2D eigenvalue weighted by atomic mass is 32.2. The van der Waals surface area contributed by atoms with Gasteiger partial charge >= 0.3 is 0 Å². The number of carbonyl (C=O) groups excluding carboxylic acids is 1. The summed E-state index contributed by atoms with van der Waals surface area (Å²) in [5, 5.41) is 2.85. The van der Waals surface area contributed by atoms with Crippen LogP contribution in [0.4, 0.5) is 5.69 Å². The van der Waals surface area contributed by atoms with Crippen LogP contribution in [0.25, 0.3) is 11.5 Å². The molecule has 0 saturated heterocycles. The number of nitrogens with two attached hydrogens (primary N) is 1. The van der Waals surface area contributed by atoms with E-state index in [-0.39, 0.29) is 5.91 Å². The van der Waals surface area contributed by atoms with Crippen LogP contribution in [0.2, 0.25) is 0 Å². The predicted molar refractivity (Wildman–Crippen MR) is 91.0 cm³/mol. The summed E-state index contributed by atoms with van der Waals surface area (Å²) < 4.78 is 5.44. The lowest BCUT2D eigenvalue weighted by atomic mass is 10.1. The van der Waals surface area contributed by atoms with Gasteiger partial charge in [-0.2, -0.15) is 11.8 Å². The quantitative estimate of drug-likeness (QED) is 0.855. The van der Waals surface area contributed by atoms with Gasteiger partial charge in [-0.1, -0.05) is 6.07 Å². The van der Waals surface area contributed by atoms with Crippen molar-refractivity contribution in [3.63, 3.8) is 0 Å². The number of thioether (sulfide) groups is 1. The third-order valence-corrected chi connectivity index (χ3v) is 3.97. The van der Waals surface area contributed by atoms with Crippen molar-refractivity contribution >= 4 is 23.4 Å². The van der Waals surface area contributed by atoms with E-state index in [0.717, 1.165) is 22.6 Å². The van der Waals surface area contributed by atoms with E-state index in [4.69, 9.17) is 10.2 Å². The molecule has 0 aliphatic carbocycles. The molecule has 1 aromatic heterocycles. The van der Waals surface area contributed by atoms with Crippen LogP contribution in [0.15, 0.2) is 28.9 Å². The molecule has 1 atom stereocenters. The topological polar surface area (TPSA) is 81.2 Å². The molecule has 5 nitrogen and oxygen atoms in total. The molecule has 0 radical (unpaired) electrons. The molecule has 1 aromatic carbocycles. The van der Waals surface area contributed by atoms with Crippen LogP contribution in [-0.4, -0.2) is 28.9 Å². The zero-order chi connectivity index (χ0) is 16.1. The van der Waals surface area contributed by atoms with E-state index in [1.807, 2.05) is 38.3 Å². The van der Waals surface area contributed by atoms with Gasteiger partial charge in [0.1, 0.15) is 6.26 Å². The molecule has 0 bridgehead atoms. The van der Waals surface area contributed by atoms with E-state index < -0.39 is 6.04 Å². The molecule has 2 aromatic rings. The highest BCUT2D eigenvalue weighted by molar-refractivity contribution is 7.98. The lowest BCUT2D eigenvalue weighted by molar-refractivity contribution is -0.117. The number of anilines is 1. The Kier molecular flexibility index (Phi) is 5.63. The number of aryl methyl sites for hydroxylation is 2. The average Bonchev–Trinajstić information content (AvgIpc) is 2.93. The van der Waals surface area contributed by atoms with E-state index >= 15 is 0 Å². The number of rotatable bonds is 6. The molecule has 6 heteroatoms. The minimum absolute atomic E-state index is 0.174.